The summed E-state index contributed by atoms with van der Waals surface area (Å²) in [5.74, 6) is -5.68. The summed E-state index contributed by atoms with van der Waals surface area (Å²) >= 11 is 3.16. The van der Waals surface area contributed by atoms with Crippen molar-refractivity contribution in [1.82, 2.24) is 0 Å². The lowest BCUT2D eigenvalue weighted by molar-refractivity contribution is 0.102. The van der Waals surface area contributed by atoms with Crippen LogP contribution in [0.1, 0.15) is 15.9 Å². The second-order valence-electron chi connectivity index (χ2n) is 3.98. The Morgan fingerprint density at radius 2 is 1.86 bits per heavy atom. The molecule has 7 heteroatoms. The molecule has 1 amide bonds. The van der Waals surface area contributed by atoms with Gasteiger partial charge in [0.2, 0.25) is 0 Å². The third-order valence-corrected chi connectivity index (χ3v) is 3.12. The second kappa shape index (κ2) is 5.97. The quantitative estimate of drug-likeness (QED) is 0.829. The molecule has 0 aliphatic carbocycles. The summed E-state index contributed by atoms with van der Waals surface area (Å²) in [5.41, 5.74) is -0.381. The van der Waals surface area contributed by atoms with Crippen molar-refractivity contribution in [1.29, 1.82) is 5.26 Å². The van der Waals surface area contributed by atoms with Crippen LogP contribution in [0.5, 0.6) is 0 Å². The zero-order valence-electron chi connectivity index (χ0n) is 10.3. The number of hydrogen-bond donors (Lipinski definition) is 1. The minimum atomic E-state index is -1.72. The van der Waals surface area contributed by atoms with E-state index in [0.717, 1.165) is 6.07 Å². The number of nitrogens with one attached hydrogen (secondary N) is 1. The molecule has 0 spiro atoms. The maximum absolute atomic E-state index is 13.5. The molecule has 21 heavy (non-hydrogen) atoms. The van der Waals surface area contributed by atoms with E-state index in [1.165, 1.54) is 12.1 Å². The Morgan fingerprint density at radius 1 is 1.14 bits per heavy atom. The zero-order valence-corrected chi connectivity index (χ0v) is 11.8. The van der Waals surface area contributed by atoms with Crippen molar-refractivity contribution in [2.24, 2.45) is 0 Å². The van der Waals surface area contributed by atoms with Gasteiger partial charge >= 0.3 is 0 Å². The molecule has 0 saturated carbocycles. The summed E-state index contributed by atoms with van der Waals surface area (Å²) in [5, 5.41) is 11.2. The molecule has 0 fully saturated rings. The topological polar surface area (TPSA) is 52.9 Å². The molecule has 3 nitrogen and oxygen atoms in total. The maximum Gasteiger partial charge on any atom is 0.258 e. The minimum Gasteiger partial charge on any atom is -0.321 e. The fourth-order valence-electron chi connectivity index (χ4n) is 1.61. The van der Waals surface area contributed by atoms with Gasteiger partial charge in [-0.25, -0.2) is 13.2 Å². The molecule has 0 aliphatic heterocycles. The number of anilines is 1. The molecular weight excluding hydrogens is 349 g/mol. The second-order valence-corrected chi connectivity index (χ2v) is 4.89. The summed E-state index contributed by atoms with van der Waals surface area (Å²) in [6, 6.07) is 7.80. The maximum atomic E-state index is 13.5. The Morgan fingerprint density at radius 3 is 2.52 bits per heavy atom. The van der Waals surface area contributed by atoms with Gasteiger partial charge in [0.15, 0.2) is 17.5 Å². The fourth-order valence-corrected chi connectivity index (χ4v) is 1.97. The van der Waals surface area contributed by atoms with Gasteiger partial charge in [-0.1, -0.05) is 15.9 Å². The van der Waals surface area contributed by atoms with Crippen LogP contribution in [-0.2, 0) is 0 Å². The Balaban J connectivity index is 2.38. The first kappa shape index (κ1) is 15.1. The highest BCUT2D eigenvalue weighted by atomic mass is 79.9. The van der Waals surface area contributed by atoms with E-state index in [1.54, 1.807) is 6.07 Å². The van der Waals surface area contributed by atoms with E-state index >= 15 is 0 Å². The molecule has 0 bridgehead atoms. The van der Waals surface area contributed by atoms with Crippen molar-refractivity contribution in [3.8, 4) is 6.07 Å². The summed E-state index contributed by atoms with van der Waals surface area (Å²) in [6.45, 7) is 0. The normalized spacial score (nSPS) is 10.0. The van der Waals surface area contributed by atoms with Crippen LogP contribution < -0.4 is 5.32 Å². The number of amides is 1. The van der Waals surface area contributed by atoms with E-state index in [4.69, 9.17) is 5.26 Å². The van der Waals surface area contributed by atoms with Gasteiger partial charge < -0.3 is 5.32 Å². The number of rotatable bonds is 2. The Labute approximate surface area is 126 Å². The first-order valence-electron chi connectivity index (χ1n) is 5.58. The fraction of sp³-hybridized carbons (Fsp3) is 0. The molecule has 0 saturated heterocycles. The monoisotopic (exact) mass is 354 g/mol. The van der Waals surface area contributed by atoms with Gasteiger partial charge in [0.1, 0.15) is 6.07 Å². The molecule has 0 heterocycles. The lowest BCUT2D eigenvalue weighted by Gasteiger charge is -2.09. The van der Waals surface area contributed by atoms with E-state index in [9.17, 15) is 18.0 Å². The van der Waals surface area contributed by atoms with Gasteiger partial charge in [-0.05, 0) is 30.3 Å². The van der Waals surface area contributed by atoms with Crippen molar-refractivity contribution in [3.05, 3.63) is 63.4 Å². The molecule has 0 aliphatic rings. The average molecular weight is 355 g/mol. The van der Waals surface area contributed by atoms with Gasteiger partial charge in [-0.2, -0.15) is 5.26 Å². The van der Waals surface area contributed by atoms with E-state index in [2.05, 4.69) is 21.2 Å². The molecule has 2 aromatic rings. The summed E-state index contributed by atoms with van der Waals surface area (Å²) in [4.78, 5) is 11.9. The van der Waals surface area contributed by atoms with Gasteiger partial charge in [0.05, 0.1) is 16.8 Å². The standard InChI is InChI=1S/C14H6BrF3N2O/c15-8-2-1-7(6-19)11(5-8)20-14(21)9-3-4-10(16)13(18)12(9)17/h1-5H,(H,20,21). The molecule has 2 rings (SSSR count). The summed E-state index contributed by atoms with van der Waals surface area (Å²) in [7, 11) is 0. The minimum absolute atomic E-state index is 0.126. The van der Waals surface area contributed by atoms with E-state index in [0.29, 0.717) is 10.5 Å². The number of benzene rings is 2. The van der Waals surface area contributed by atoms with Gasteiger partial charge in [-0.15, -0.1) is 0 Å². The number of nitrogens with zero attached hydrogens (tertiary/aromatic N) is 1. The highest BCUT2D eigenvalue weighted by Gasteiger charge is 2.19. The van der Waals surface area contributed by atoms with E-state index in [1.807, 2.05) is 6.07 Å². The van der Waals surface area contributed by atoms with Crippen LogP contribution in [0.15, 0.2) is 34.8 Å². The van der Waals surface area contributed by atoms with Crippen molar-refractivity contribution in [2.45, 2.75) is 0 Å². The van der Waals surface area contributed by atoms with Crippen LogP contribution >= 0.6 is 15.9 Å². The number of carbonyl (C=O) groups excluding carboxylic acids is 1. The van der Waals surface area contributed by atoms with Crippen LogP contribution in [-0.4, -0.2) is 5.91 Å². The van der Waals surface area contributed by atoms with Crippen LogP contribution in [0.25, 0.3) is 0 Å². The average Bonchev–Trinajstić information content (AvgIpc) is 2.45. The zero-order chi connectivity index (χ0) is 15.6. The largest absolute Gasteiger partial charge is 0.321 e. The first-order valence-corrected chi connectivity index (χ1v) is 6.38. The van der Waals surface area contributed by atoms with E-state index < -0.39 is 28.9 Å². The third-order valence-electron chi connectivity index (χ3n) is 2.63. The molecule has 0 atom stereocenters. The predicted molar refractivity (Wildman–Crippen MR) is 73.1 cm³/mol. The summed E-state index contributed by atoms with van der Waals surface area (Å²) < 4.78 is 40.0. The van der Waals surface area contributed by atoms with Crippen molar-refractivity contribution in [2.75, 3.05) is 5.32 Å². The van der Waals surface area contributed by atoms with Gasteiger partial charge in [0, 0.05) is 4.47 Å². The smallest absolute Gasteiger partial charge is 0.258 e. The Hall–Kier alpha value is -2.33. The van der Waals surface area contributed by atoms with Crippen LogP contribution in [0.3, 0.4) is 0 Å². The number of halogens is 4. The molecular formula is C14H6BrF3N2O. The highest BCUT2D eigenvalue weighted by molar-refractivity contribution is 9.10. The van der Waals surface area contributed by atoms with E-state index in [-0.39, 0.29) is 11.3 Å². The molecule has 2 aromatic carbocycles. The third kappa shape index (κ3) is 3.06. The van der Waals surface area contributed by atoms with Crippen LogP contribution in [0, 0.1) is 28.8 Å². The first-order chi connectivity index (χ1) is 9.93. The molecule has 106 valence electrons. The lowest BCUT2D eigenvalue weighted by Crippen LogP contribution is -2.16. The SMILES string of the molecule is N#Cc1ccc(Br)cc1NC(=O)c1ccc(F)c(F)c1F. The Kier molecular flexibility index (Phi) is 4.29. The van der Waals surface area contributed by atoms with Crippen molar-refractivity contribution >= 4 is 27.5 Å². The molecule has 0 radical (unpaired) electrons. The van der Waals surface area contributed by atoms with Gasteiger partial charge in [-0.3, -0.25) is 4.79 Å². The summed E-state index contributed by atoms with van der Waals surface area (Å²) in [6.07, 6.45) is 0. The van der Waals surface area contributed by atoms with Crippen molar-refractivity contribution in [3.63, 3.8) is 0 Å². The van der Waals surface area contributed by atoms with Crippen LogP contribution in [0.2, 0.25) is 0 Å². The molecule has 0 aromatic heterocycles. The van der Waals surface area contributed by atoms with Crippen LogP contribution in [0.4, 0.5) is 18.9 Å². The number of hydrogen-bond acceptors (Lipinski definition) is 2. The number of nitriles is 1. The van der Waals surface area contributed by atoms with Gasteiger partial charge in [0.25, 0.3) is 5.91 Å². The highest BCUT2D eigenvalue weighted by Crippen LogP contribution is 2.22. The van der Waals surface area contributed by atoms with Crippen molar-refractivity contribution < 1.29 is 18.0 Å². The number of carbonyl (C=O) groups is 1. The predicted octanol–water partition coefficient (Wildman–Crippen LogP) is 3.99. The Bertz CT molecular complexity index is 772. The molecule has 0 unspecified atom stereocenters. The lowest BCUT2D eigenvalue weighted by atomic mass is 10.1. The molecule has 1 N–H and O–H groups in total.